The molecule has 0 aliphatic rings. The van der Waals surface area contributed by atoms with Gasteiger partial charge in [0.15, 0.2) is 18.1 Å². The topological polar surface area (TPSA) is 61.8 Å². The SMILES string of the molecule is C=CCc1cc(C=O)cc(OC)c1OCC(=O)OCC. The highest BCUT2D eigenvalue weighted by Crippen LogP contribution is 2.33. The van der Waals surface area contributed by atoms with Crippen LogP contribution < -0.4 is 9.47 Å². The van der Waals surface area contributed by atoms with Crippen molar-refractivity contribution >= 4 is 12.3 Å². The Labute approximate surface area is 118 Å². The molecule has 0 saturated heterocycles. The molecule has 0 aromatic heterocycles. The van der Waals surface area contributed by atoms with Crippen molar-refractivity contribution < 1.29 is 23.8 Å². The van der Waals surface area contributed by atoms with Crippen molar-refractivity contribution in [2.75, 3.05) is 20.3 Å². The Bertz CT molecular complexity index is 493. The van der Waals surface area contributed by atoms with Crippen molar-refractivity contribution in [3.8, 4) is 11.5 Å². The largest absolute Gasteiger partial charge is 0.493 e. The van der Waals surface area contributed by atoms with Gasteiger partial charge >= 0.3 is 5.97 Å². The molecular formula is C15H18O5. The number of esters is 1. The summed E-state index contributed by atoms with van der Waals surface area (Å²) in [5.41, 5.74) is 1.20. The number of hydrogen-bond donors (Lipinski definition) is 0. The molecule has 1 aromatic rings. The molecule has 0 heterocycles. The van der Waals surface area contributed by atoms with Gasteiger partial charge < -0.3 is 14.2 Å². The lowest BCUT2D eigenvalue weighted by Gasteiger charge is -2.14. The van der Waals surface area contributed by atoms with Crippen molar-refractivity contribution in [1.82, 2.24) is 0 Å². The minimum absolute atomic E-state index is 0.214. The zero-order valence-electron chi connectivity index (χ0n) is 11.7. The Morgan fingerprint density at radius 2 is 2.15 bits per heavy atom. The molecule has 0 spiro atoms. The van der Waals surface area contributed by atoms with Crippen LogP contribution >= 0.6 is 0 Å². The summed E-state index contributed by atoms with van der Waals surface area (Å²) in [6.07, 6.45) is 2.90. The van der Waals surface area contributed by atoms with E-state index >= 15 is 0 Å². The molecule has 5 heteroatoms. The molecular weight excluding hydrogens is 260 g/mol. The van der Waals surface area contributed by atoms with Crippen molar-refractivity contribution in [2.24, 2.45) is 0 Å². The summed E-state index contributed by atoms with van der Waals surface area (Å²) < 4.78 is 15.5. The zero-order chi connectivity index (χ0) is 15.0. The number of carbonyl (C=O) groups is 2. The number of carbonyl (C=O) groups excluding carboxylic acids is 2. The first kappa shape index (κ1) is 15.8. The van der Waals surface area contributed by atoms with E-state index in [1.54, 1.807) is 25.1 Å². The molecule has 0 unspecified atom stereocenters. The van der Waals surface area contributed by atoms with Crippen molar-refractivity contribution in [2.45, 2.75) is 13.3 Å². The Morgan fingerprint density at radius 3 is 2.70 bits per heavy atom. The maximum Gasteiger partial charge on any atom is 0.344 e. The summed E-state index contributed by atoms with van der Waals surface area (Å²) in [6.45, 7) is 5.46. The molecule has 0 bridgehead atoms. The summed E-state index contributed by atoms with van der Waals surface area (Å²) in [5, 5.41) is 0. The zero-order valence-corrected chi connectivity index (χ0v) is 11.7. The molecule has 1 aromatic carbocycles. The van der Waals surface area contributed by atoms with Gasteiger partial charge in [-0.2, -0.15) is 0 Å². The predicted molar refractivity (Wildman–Crippen MR) is 74.4 cm³/mol. The molecule has 0 radical (unpaired) electrons. The smallest absolute Gasteiger partial charge is 0.344 e. The maximum atomic E-state index is 11.3. The van der Waals surface area contributed by atoms with E-state index in [4.69, 9.17) is 14.2 Å². The van der Waals surface area contributed by atoms with Crippen molar-refractivity contribution in [3.05, 3.63) is 35.9 Å². The summed E-state index contributed by atoms with van der Waals surface area (Å²) in [5.74, 6) is 0.361. The lowest BCUT2D eigenvalue weighted by molar-refractivity contribution is -0.145. The molecule has 0 N–H and O–H groups in total. The Kier molecular flexibility index (Phi) is 6.29. The molecule has 1 rings (SSSR count). The third kappa shape index (κ3) is 4.12. The average Bonchev–Trinajstić information content (AvgIpc) is 2.45. The number of rotatable bonds is 8. The number of allylic oxidation sites excluding steroid dienone is 1. The van der Waals surface area contributed by atoms with E-state index in [-0.39, 0.29) is 6.61 Å². The van der Waals surface area contributed by atoms with Crippen LogP contribution in [-0.2, 0) is 16.0 Å². The average molecular weight is 278 g/mol. The van der Waals surface area contributed by atoms with Crippen molar-refractivity contribution in [1.29, 1.82) is 0 Å². The minimum atomic E-state index is -0.460. The Balaban J connectivity index is 3.04. The minimum Gasteiger partial charge on any atom is -0.493 e. The van der Waals surface area contributed by atoms with Crippen LogP contribution in [-0.4, -0.2) is 32.6 Å². The van der Waals surface area contributed by atoms with E-state index in [1.807, 2.05) is 0 Å². The number of ether oxygens (including phenoxy) is 3. The van der Waals surface area contributed by atoms with Gasteiger partial charge in [0, 0.05) is 11.1 Å². The normalized spacial score (nSPS) is 9.70. The van der Waals surface area contributed by atoms with Gasteiger partial charge in [0.1, 0.15) is 6.29 Å². The van der Waals surface area contributed by atoms with Crippen LogP contribution in [0.1, 0.15) is 22.8 Å². The van der Waals surface area contributed by atoms with Crippen molar-refractivity contribution in [3.63, 3.8) is 0 Å². The van der Waals surface area contributed by atoms with Gasteiger partial charge in [-0.15, -0.1) is 6.58 Å². The monoisotopic (exact) mass is 278 g/mol. The van der Waals surface area contributed by atoms with Gasteiger partial charge in [-0.25, -0.2) is 4.79 Å². The highest BCUT2D eigenvalue weighted by Gasteiger charge is 2.14. The van der Waals surface area contributed by atoms with Gasteiger partial charge in [0.05, 0.1) is 13.7 Å². The predicted octanol–water partition coefficient (Wildman–Crippen LogP) is 2.18. The first-order valence-corrected chi connectivity index (χ1v) is 6.21. The van der Waals surface area contributed by atoms with E-state index in [9.17, 15) is 9.59 Å². The molecule has 5 nitrogen and oxygen atoms in total. The fourth-order valence-corrected chi connectivity index (χ4v) is 1.71. The van der Waals surface area contributed by atoms with Crippen LogP contribution in [0, 0.1) is 0 Å². The first-order valence-electron chi connectivity index (χ1n) is 6.21. The van der Waals surface area contributed by atoms with Crippen LogP contribution in [0.15, 0.2) is 24.8 Å². The molecule has 0 aliphatic heterocycles. The number of hydrogen-bond acceptors (Lipinski definition) is 5. The summed E-state index contributed by atoms with van der Waals surface area (Å²) in [7, 11) is 1.47. The summed E-state index contributed by atoms with van der Waals surface area (Å²) >= 11 is 0. The second-order valence-corrected chi connectivity index (χ2v) is 3.92. The molecule has 0 atom stereocenters. The third-order valence-corrected chi connectivity index (χ3v) is 2.51. The highest BCUT2D eigenvalue weighted by molar-refractivity contribution is 5.78. The van der Waals surface area contributed by atoms with Gasteiger partial charge in [-0.1, -0.05) is 6.08 Å². The Hall–Kier alpha value is -2.30. The highest BCUT2D eigenvalue weighted by atomic mass is 16.6. The second-order valence-electron chi connectivity index (χ2n) is 3.92. The fraction of sp³-hybridized carbons (Fsp3) is 0.333. The van der Waals surface area contributed by atoms with Gasteiger partial charge in [0.25, 0.3) is 0 Å². The maximum absolute atomic E-state index is 11.3. The van der Waals surface area contributed by atoms with Crippen LogP contribution in [0.25, 0.3) is 0 Å². The van der Waals surface area contributed by atoms with Gasteiger partial charge in [-0.3, -0.25) is 4.79 Å². The second kappa shape index (κ2) is 7.99. The van der Waals surface area contributed by atoms with E-state index in [2.05, 4.69) is 6.58 Å². The van der Waals surface area contributed by atoms with Crippen LogP contribution in [0.2, 0.25) is 0 Å². The quantitative estimate of drug-likeness (QED) is 0.414. The van der Waals surface area contributed by atoms with E-state index in [1.165, 1.54) is 7.11 Å². The third-order valence-electron chi connectivity index (χ3n) is 2.51. The standard InChI is InChI=1S/C15H18O5/c1-4-6-12-7-11(9-16)8-13(18-3)15(12)20-10-14(17)19-5-2/h4,7-9H,1,5-6,10H2,2-3H3. The first-order chi connectivity index (χ1) is 9.65. The lowest BCUT2D eigenvalue weighted by atomic mass is 10.1. The van der Waals surface area contributed by atoms with Gasteiger partial charge in [-0.05, 0) is 25.5 Å². The van der Waals surface area contributed by atoms with E-state index in [0.29, 0.717) is 30.1 Å². The molecule has 0 fully saturated rings. The van der Waals surface area contributed by atoms with Crippen LogP contribution in [0.5, 0.6) is 11.5 Å². The van der Waals surface area contributed by atoms with E-state index in [0.717, 1.165) is 11.8 Å². The molecule has 108 valence electrons. The molecule has 0 aliphatic carbocycles. The molecule has 20 heavy (non-hydrogen) atoms. The fourth-order valence-electron chi connectivity index (χ4n) is 1.71. The molecule has 0 amide bonds. The van der Waals surface area contributed by atoms with E-state index < -0.39 is 5.97 Å². The number of aldehydes is 1. The number of benzene rings is 1. The molecule has 0 saturated carbocycles. The van der Waals surface area contributed by atoms with Crippen LogP contribution in [0.4, 0.5) is 0 Å². The van der Waals surface area contributed by atoms with Crippen LogP contribution in [0.3, 0.4) is 0 Å². The summed E-state index contributed by atoms with van der Waals surface area (Å²) in [6, 6.07) is 3.23. The number of methoxy groups -OCH3 is 1. The lowest BCUT2D eigenvalue weighted by Crippen LogP contribution is -2.15. The Morgan fingerprint density at radius 1 is 1.40 bits per heavy atom. The van der Waals surface area contributed by atoms with Gasteiger partial charge in [0.2, 0.25) is 0 Å². The summed E-state index contributed by atoms with van der Waals surface area (Å²) in [4.78, 5) is 22.2.